The third-order valence-corrected chi connectivity index (χ3v) is 3.01. The highest BCUT2D eigenvalue weighted by atomic mass is 16.5. The van der Waals surface area contributed by atoms with Crippen molar-refractivity contribution in [3.63, 3.8) is 0 Å². The second-order valence-corrected chi connectivity index (χ2v) is 4.79. The van der Waals surface area contributed by atoms with Crippen LogP contribution in [-0.4, -0.2) is 24.9 Å². The van der Waals surface area contributed by atoms with Gasteiger partial charge in [0.25, 0.3) is 5.91 Å². The molecule has 0 spiro atoms. The number of nitrogens with one attached hydrogen (secondary N) is 2. The first-order chi connectivity index (χ1) is 11.0. The quantitative estimate of drug-likeness (QED) is 0.850. The number of esters is 1. The molecule has 0 radical (unpaired) electrons. The Bertz CT molecular complexity index is 739. The number of hydrogen-bond acceptors (Lipinski definition) is 4. The van der Waals surface area contributed by atoms with E-state index in [9.17, 15) is 14.4 Å². The van der Waals surface area contributed by atoms with E-state index in [0.717, 1.165) is 0 Å². The number of amides is 2. The minimum Gasteiger partial charge on any atom is -0.465 e. The van der Waals surface area contributed by atoms with E-state index in [0.29, 0.717) is 22.5 Å². The topological polar surface area (TPSA) is 84.5 Å². The summed E-state index contributed by atoms with van der Waals surface area (Å²) >= 11 is 0. The van der Waals surface area contributed by atoms with Crippen molar-refractivity contribution < 1.29 is 19.1 Å². The summed E-state index contributed by atoms with van der Waals surface area (Å²) in [7, 11) is 1.28. The summed E-state index contributed by atoms with van der Waals surface area (Å²) in [5.74, 6) is -1.01. The van der Waals surface area contributed by atoms with Crippen LogP contribution < -0.4 is 10.6 Å². The lowest BCUT2D eigenvalue weighted by atomic mass is 10.1. The van der Waals surface area contributed by atoms with Gasteiger partial charge in [-0.25, -0.2) is 4.79 Å². The maximum absolute atomic E-state index is 12.2. The lowest BCUT2D eigenvalue weighted by Crippen LogP contribution is -2.13. The molecular formula is C17H16N2O4. The van der Waals surface area contributed by atoms with Gasteiger partial charge in [0.05, 0.1) is 12.7 Å². The molecule has 118 valence electrons. The molecule has 0 unspecified atom stereocenters. The molecule has 0 aliphatic heterocycles. The molecule has 0 bridgehead atoms. The Morgan fingerprint density at radius 2 is 1.43 bits per heavy atom. The van der Waals surface area contributed by atoms with Gasteiger partial charge in [-0.3, -0.25) is 9.59 Å². The third-order valence-electron chi connectivity index (χ3n) is 3.01. The summed E-state index contributed by atoms with van der Waals surface area (Å²) in [6, 6.07) is 13.0. The second kappa shape index (κ2) is 7.22. The number of methoxy groups -OCH3 is 1. The monoisotopic (exact) mass is 312 g/mol. The fourth-order valence-electron chi connectivity index (χ4n) is 1.95. The van der Waals surface area contributed by atoms with Gasteiger partial charge in [0.15, 0.2) is 0 Å². The van der Waals surface area contributed by atoms with E-state index < -0.39 is 5.97 Å². The van der Waals surface area contributed by atoms with E-state index in [1.807, 2.05) is 0 Å². The highest BCUT2D eigenvalue weighted by molar-refractivity contribution is 6.05. The van der Waals surface area contributed by atoms with Gasteiger partial charge in [0, 0.05) is 23.9 Å². The summed E-state index contributed by atoms with van der Waals surface area (Å²) in [4.78, 5) is 34.6. The number of ether oxygens (including phenoxy) is 1. The van der Waals surface area contributed by atoms with E-state index >= 15 is 0 Å². The van der Waals surface area contributed by atoms with E-state index in [2.05, 4.69) is 15.4 Å². The van der Waals surface area contributed by atoms with Crippen LogP contribution in [0.4, 0.5) is 11.4 Å². The smallest absolute Gasteiger partial charge is 0.337 e. The molecule has 0 aliphatic rings. The van der Waals surface area contributed by atoms with Crippen LogP contribution in [0, 0.1) is 0 Å². The largest absolute Gasteiger partial charge is 0.465 e. The van der Waals surface area contributed by atoms with Gasteiger partial charge in [0.1, 0.15) is 0 Å². The first-order valence-corrected chi connectivity index (χ1v) is 6.87. The normalized spacial score (nSPS) is 9.83. The van der Waals surface area contributed by atoms with Crippen molar-refractivity contribution in [3.8, 4) is 0 Å². The predicted octanol–water partition coefficient (Wildman–Crippen LogP) is 2.68. The third kappa shape index (κ3) is 4.41. The summed E-state index contributed by atoms with van der Waals surface area (Å²) in [5.41, 5.74) is 1.87. The molecule has 2 amide bonds. The van der Waals surface area contributed by atoms with E-state index in [-0.39, 0.29) is 11.8 Å². The highest BCUT2D eigenvalue weighted by Gasteiger charge is 2.11. The first-order valence-electron chi connectivity index (χ1n) is 6.87. The lowest BCUT2D eigenvalue weighted by molar-refractivity contribution is -0.114. The molecule has 2 rings (SSSR count). The fourth-order valence-corrected chi connectivity index (χ4v) is 1.95. The van der Waals surface area contributed by atoms with Gasteiger partial charge in [-0.05, 0) is 42.5 Å². The zero-order chi connectivity index (χ0) is 16.8. The van der Waals surface area contributed by atoms with Gasteiger partial charge in [-0.2, -0.15) is 0 Å². The van der Waals surface area contributed by atoms with E-state index in [1.165, 1.54) is 20.1 Å². The van der Waals surface area contributed by atoms with Crippen molar-refractivity contribution in [1.82, 2.24) is 0 Å². The second-order valence-electron chi connectivity index (χ2n) is 4.79. The number of carbonyl (C=O) groups excluding carboxylic acids is 3. The molecule has 0 heterocycles. The minimum atomic E-state index is -0.501. The van der Waals surface area contributed by atoms with Crippen molar-refractivity contribution in [2.45, 2.75) is 6.92 Å². The minimum absolute atomic E-state index is 0.165. The average Bonchev–Trinajstić information content (AvgIpc) is 2.55. The summed E-state index contributed by atoms with van der Waals surface area (Å²) in [6.45, 7) is 1.42. The SMILES string of the molecule is COC(=O)c1cccc(C(=O)Nc2ccc(NC(C)=O)cc2)c1. The Balaban J connectivity index is 2.09. The summed E-state index contributed by atoms with van der Waals surface area (Å²) in [5, 5.41) is 5.36. The Morgan fingerprint density at radius 1 is 0.870 bits per heavy atom. The molecule has 6 nitrogen and oxygen atoms in total. The number of benzene rings is 2. The van der Waals surface area contributed by atoms with Gasteiger partial charge >= 0.3 is 5.97 Å². The fraction of sp³-hybridized carbons (Fsp3) is 0.118. The molecule has 2 aromatic carbocycles. The zero-order valence-corrected chi connectivity index (χ0v) is 12.8. The van der Waals surface area contributed by atoms with Crippen LogP contribution >= 0.6 is 0 Å². The maximum Gasteiger partial charge on any atom is 0.337 e. The van der Waals surface area contributed by atoms with Crippen molar-refractivity contribution in [2.75, 3.05) is 17.7 Å². The van der Waals surface area contributed by atoms with Crippen molar-refractivity contribution in [2.24, 2.45) is 0 Å². The van der Waals surface area contributed by atoms with Gasteiger partial charge in [0.2, 0.25) is 5.91 Å². The van der Waals surface area contributed by atoms with Crippen LogP contribution in [-0.2, 0) is 9.53 Å². The lowest BCUT2D eigenvalue weighted by Gasteiger charge is -2.08. The van der Waals surface area contributed by atoms with Gasteiger partial charge in [-0.15, -0.1) is 0 Å². The van der Waals surface area contributed by atoms with Crippen LogP contribution in [0.5, 0.6) is 0 Å². The standard InChI is InChI=1S/C17H16N2O4/c1-11(20)18-14-6-8-15(9-7-14)19-16(21)12-4-3-5-13(10-12)17(22)23-2/h3-10H,1-2H3,(H,18,20)(H,19,21). The van der Waals surface area contributed by atoms with Crippen LogP contribution in [0.1, 0.15) is 27.6 Å². The van der Waals surface area contributed by atoms with Crippen molar-refractivity contribution >= 4 is 29.2 Å². The Kier molecular flexibility index (Phi) is 5.09. The molecule has 6 heteroatoms. The Morgan fingerprint density at radius 3 is 2.00 bits per heavy atom. The molecule has 0 atom stereocenters. The Labute approximate surface area is 133 Å². The van der Waals surface area contributed by atoms with Gasteiger partial charge in [-0.1, -0.05) is 6.07 Å². The molecule has 2 N–H and O–H groups in total. The number of anilines is 2. The number of carbonyl (C=O) groups is 3. The Hall–Kier alpha value is -3.15. The molecule has 0 fully saturated rings. The zero-order valence-electron chi connectivity index (χ0n) is 12.8. The van der Waals surface area contributed by atoms with Crippen LogP contribution in [0.3, 0.4) is 0 Å². The van der Waals surface area contributed by atoms with Crippen molar-refractivity contribution in [1.29, 1.82) is 0 Å². The molecular weight excluding hydrogens is 296 g/mol. The summed E-state index contributed by atoms with van der Waals surface area (Å²) in [6.07, 6.45) is 0. The van der Waals surface area contributed by atoms with Crippen LogP contribution in [0.25, 0.3) is 0 Å². The molecule has 0 saturated heterocycles. The molecule has 2 aromatic rings. The maximum atomic E-state index is 12.2. The van der Waals surface area contributed by atoms with E-state index in [1.54, 1.807) is 42.5 Å². The predicted molar refractivity (Wildman–Crippen MR) is 86.5 cm³/mol. The molecule has 23 heavy (non-hydrogen) atoms. The average molecular weight is 312 g/mol. The molecule has 0 aliphatic carbocycles. The summed E-state index contributed by atoms with van der Waals surface area (Å²) < 4.78 is 4.63. The van der Waals surface area contributed by atoms with Crippen LogP contribution in [0.2, 0.25) is 0 Å². The highest BCUT2D eigenvalue weighted by Crippen LogP contribution is 2.15. The van der Waals surface area contributed by atoms with Crippen LogP contribution in [0.15, 0.2) is 48.5 Å². The molecule has 0 aromatic heterocycles. The first kappa shape index (κ1) is 16.2. The number of hydrogen-bond donors (Lipinski definition) is 2. The molecule has 0 saturated carbocycles. The van der Waals surface area contributed by atoms with Gasteiger partial charge < -0.3 is 15.4 Å². The number of rotatable bonds is 4. The van der Waals surface area contributed by atoms with E-state index in [4.69, 9.17) is 0 Å². The van der Waals surface area contributed by atoms with Crippen molar-refractivity contribution in [3.05, 3.63) is 59.7 Å².